The molecule has 0 fully saturated rings. The van der Waals surface area contributed by atoms with Gasteiger partial charge in [-0.25, -0.2) is 9.97 Å². The number of hydrogen-bond donors (Lipinski definition) is 2. The second kappa shape index (κ2) is 5.88. The fourth-order valence-electron chi connectivity index (χ4n) is 3.14. The third kappa shape index (κ3) is 2.59. The highest BCUT2D eigenvalue weighted by molar-refractivity contribution is 5.95. The summed E-state index contributed by atoms with van der Waals surface area (Å²) in [4.78, 5) is 19.9. The summed E-state index contributed by atoms with van der Waals surface area (Å²) in [5.74, 6) is 1.05. The highest BCUT2D eigenvalue weighted by atomic mass is 19.4. The highest BCUT2D eigenvalue weighted by Gasteiger charge is 2.32. The van der Waals surface area contributed by atoms with Crippen molar-refractivity contribution in [3.05, 3.63) is 60.8 Å². The van der Waals surface area contributed by atoms with Crippen molar-refractivity contribution in [2.75, 3.05) is 5.32 Å². The fraction of sp³-hybridized carbons (Fsp3) is 0.0526. The van der Waals surface area contributed by atoms with Crippen LogP contribution in [0.15, 0.2) is 55.1 Å². The van der Waals surface area contributed by atoms with Gasteiger partial charge in [-0.3, -0.25) is 9.97 Å². The molecule has 0 bridgehead atoms. The van der Waals surface area contributed by atoms with Crippen molar-refractivity contribution >= 4 is 11.5 Å². The minimum atomic E-state index is -4.49. The van der Waals surface area contributed by atoms with Crippen LogP contribution in [0.5, 0.6) is 0 Å². The molecule has 4 aromatic heterocycles. The first-order valence-corrected chi connectivity index (χ1v) is 8.31. The minimum absolute atomic E-state index is 0.422. The molecule has 0 saturated carbocycles. The maximum Gasteiger partial charge on any atom is 0.433 e. The zero-order valence-corrected chi connectivity index (χ0v) is 14.1. The van der Waals surface area contributed by atoms with Crippen LogP contribution in [0.25, 0.3) is 33.9 Å². The molecule has 5 rings (SSSR count). The number of hydrogen-bond acceptors (Lipinski definition) is 5. The summed E-state index contributed by atoms with van der Waals surface area (Å²) in [6, 6.07) is 7.80. The number of nitrogens with zero attached hydrogens (tertiary/aromatic N) is 4. The average Bonchev–Trinajstić information content (AvgIpc) is 3.08. The fourth-order valence-corrected chi connectivity index (χ4v) is 3.14. The van der Waals surface area contributed by atoms with Crippen molar-refractivity contribution in [3.63, 3.8) is 0 Å². The first-order valence-electron chi connectivity index (χ1n) is 8.31. The van der Waals surface area contributed by atoms with E-state index in [9.17, 15) is 13.2 Å². The number of pyridine rings is 3. The summed E-state index contributed by atoms with van der Waals surface area (Å²) < 4.78 is 38.3. The van der Waals surface area contributed by atoms with Crippen molar-refractivity contribution in [3.8, 4) is 33.9 Å². The molecule has 0 unspecified atom stereocenters. The Morgan fingerprint density at radius 2 is 1.79 bits per heavy atom. The molecule has 0 saturated heterocycles. The van der Waals surface area contributed by atoms with Gasteiger partial charge >= 0.3 is 6.18 Å². The lowest BCUT2D eigenvalue weighted by Crippen LogP contribution is -2.07. The van der Waals surface area contributed by atoms with E-state index in [1.807, 2.05) is 12.1 Å². The van der Waals surface area contributed by atoms with E-state index in [2.05, 4.69) is 30.2 Å². The molecule has 1 aliphatic heterocycles. The standard InChI is InChI=1S/C19H11F3N6/c20-19(21,22)14-4-3-10(8-25-14)17-27-15-11-5-7-23-9-13(11)26-18-12(16(15)28-17)2-1-6-24-18/h1-9H,(H,24,26)(H,27,28). The van der Waals surface area contributed by atoms with Gasteiger partial charge in [0.15, 0.2) is 0 Å². The van der Waals surface area contributed by atoms with Gasteiger partial charge in [-0.05, 0) is 30.3 Å². The van der Waals surface area contributed by atoms with Crippen molar-refractivity contribution in [1.29, 1.82) is 0 Å². The maximum absolute atomic E-state index is 12.8. The van der Waals surface area contributed by atoms with Gasteiger partial charge in [-0.15, -0.1) is 0 Å². The molecule has 0 aromatic carbocycles. The summed E-state index contributed by atoms with van der Waals surface area (Å²) >= 11 is 0. The van der Waals surface area contributed by atoms with E-state index in [1.54, 1.807) is 24.7 Å². The second-order valence-corrected chi connectivity index (χ2v) is 6.18. The van der Waals surface area contributed by atoms with Crippen LogP contribution in [0.4, 0.5) is 24.7 Å². The molecule has 9 heteroatoms. The van der Waals surface area contributed by atoms with E-state index in [-0.39, 0.29) is 0 Å². The Hall–Kier alpha value is -3.75. The number of rotatable bonds is 1. The number of fused-ring (bicyclic) bond motifs is 5. The van der Waals surface area contributed by atoms with Crippen LogP contribution in [0.1, 0.15) is 5.69 Å². The van der Waals surface area contributed by atoms with Gasteiger partial charge in [-0.1, -0.05) is 0 Å². The number of halogens is 3. The van der Waals surface area contributed by atoms with Gasteiger partial charge < -0.3 is 10.3 Å². The lowest BCUT2D eigenvalue weighted by molar-refractivity contribution is -0.141. The Morgan fingerprint density at radius 3 is 2.57 bits per heavy atom. The van der Waals surface area contributed by atoms with Crippen LogP contribution in [0.2, 0.25) is 0 Å². The van der Waals surface area contributed by atoms with Crippen LogP contribution >= 0.6 is 0 Å². The SMILES string of the molecule is FC(F)(F)c1ccc(-c2nc3c([nH]2)-c2ccncc2Nc2ncccc2-3)cn1. The lowest BCUT2D eigenvalue weighted by Gasteiger charge is -2.08. The molecule has 6 nitrogen and oxygen atoms in total. The number of H-pyrrole nitrogens is 1. The van der Waals surface area contributed by atoms with Gasteiger partial charge in [0.1, 0.15) is 23.0 Å². The summed E-state index contributed by atoms with van der Waals surface area (Å²) in [5.41, 5.74) is 3.25. The third-order valence-electron chi connectivity index (χ3n) is 4.44. The Morgan fingerprint density at radius 1 is 0.893 bits per heavy atom. The minimum Gasteiger partial charge on any atom is -0.338 e. The largest absolute Gasteiger partial charge is 0.433 e. The number of aromatic nitrogens is 5. The topological polar surface area (TPSA) is 79.4 Å². The van der Waals surface area contributed by atoms with Gasteiger partial charge in [0, 0.05) is 35.3 Å². The summed E-state index contributed by atoms with van der Waals surface area (Å²) in [6.45, 7) is 0. The molecule has 0 aliphatic carbocycles. The first-order chi connectivity index (χ1) is 13.5. The van der Waals surface area contributed by atoms with Crippen molar-refractivity contribution < 1.29 is 13.2 Å². The molecule has 0 atom stereocenters. The van der Waals surface area contributed by atoms with E-state index < -0.39 is 11.9 Å². The predicted octanol–water partition coefficient (Wildman–Crippen LogP) is 4.67. The van der Waals surface area contributed by atoms with Gasteiger partial charge in [0.05, 0.1) is 17.6 Å². The maximum atomic E-state index is 12.8. The van der Waals surface area contributed by atoms with Crippen molar-refractivity contribution in [2.45, 2.75) is 6.18 Å². The third-order valence-corrected chi connectivity index (χ3v) is 4.44. The van der Waals surface area contributed by atoms with E-state index in [0.717, 1.165) is 34.8 Å². The average molecular weight is 380 g/mol. The Bertz CT molecular complexity index is 1120. The monoisotopic (exact) mass is 380 g/mol. The Balaban J connectivity index is 1.69. The number of aromatic amines is 1. The van der Waals surface area contributed by atoms with E-state index in [0.29, 0.717) is 22.9 Å². The number of alkyl halides is 3. The second-order valence-electron chi connectivity index (χ2n) is 6.18. The number of nitrogens with one attached hydrogen (secondary N) is 2. The zero-order chi connectivity index (χ0) is 19.3. The molecule has 4 aromatic rings. The predicted molar refractivity (Wildman–Crippen MR) is 96.6 cm³/mol. The van der Waals surface area contributed by atoms with Crippen molar-refractivity contribution in [2.24, 2.45) is 0 Å². The summed E-state index contributed by atoms with van der Waals surface area (Å²) in [6.07, 6.45) is 1.69. The molecule has 5 heterocycles. The number of imidazole rings is 1. The Labute approximate surface area is 156 Å². The van der Waals surface area contributed by atoms with Crippen LogP contribution in [0, 0.1) is 0 Å². The molecule has 28 heavy (non-hydrogen) atoms. The van der Waals surface area contributed by atoms with E-state index in [4.69, 9.17) is 0 Å². The number of anilines is 2. The van der Waals surface area contributed by atoms with Crippen LogP contribution in [0.3, 0.4) is 0 Å². The van der Waals surface area contributed by atoms with Gasteiger partial charge in [-0.2, -0.15) is 13.2 Å². The zero-order valence-electron chi connectivity index (χ0n) is 14.1. The highest BCUT2D eigenvalue weighted by Crippen LogP contribution is 2.42. The first kappa shape index (κ1) is 16.4. The molecule has 0 spiro atoms. The lowest BCUT2D eigenvalue weighted by atomic mass is 10.1. The van der Waals surface area contributed by atoms with Crippen molar-refractivity contribution in [1.82, 2.24) is 24.9 Å². The Kier molecular flexibility index (Phi) is 3.45. The van der Waals surface area contributed by atoms with Crippen LogP contribution < -0.4 is 5.32 Å². The van der Waals surface area contributed by atoms with Crippen LogP contribution in [-0.4, -0.2) is 24.9 Å². The molecular weight excluding hydrogens is 369 g/mol. The summed E-state index contributed by atoms with van der Waals surface area (Å²) in [7, 11) is 0. The normalized spacial score (nSPS) is 12.4. The van der Waals surface area contributed by atoms with Gasteiger partial charge in [0.25, 0.3) is 0 Å². The molecule has 0 amide bonds. The van der Waals surface area contributed by atoms with E-state index >= 15 is 0 Å². The van der Waals surface area contributed by atoms with E-state index in [1.165, 1.54) is 6.07 Å². The summed E-state index contributed by atoms with van der Waals surface area (Å²) in [5, 5.41) is 3.25. The van der Waals surface area contributed by atoms with Gasteiger partial charge in [0.2, 0.25) is 0 Å². The quantitative estimate of drug-likeness (QED) is 0.442. The molecular formula is C19H11F3N6. The van der Waals surface area contributed by atoms with Crippen LogP contribution in [-0.2, 0) is 6.18 Å². The molecule has 1 aliphatic rings. The molecule has 0 radical (unpaired) electrons. The smallest absolute Gasteiger partial charge is 0.338 e. The molecule has 138 valence electrons. The molecule has 2 N–H and O–H groups in total.